The SMILES string of the molecule is O=C1OCC(c2ccc(Cl)cc2)N1c1ccn2ncc(Br)c2n1. The first-order valence-corrected chi connectivity index (χ1v) is 8.02. The van der Waals surface area contributed by atoms with E-state index in [1.807, 2.05) is 12.1 Å². The molecule has 1 saturated heterocycles. The molecule has 8 heteroatoms. The normalized spacial score (nSPS) is 17.7. The van der Waals surface area contributed by atoms with Crippen molar-refractivity contribution >= 4 is 45.1 Å². The van der Waals surface area contributed by atoms with Crippen molar-refractivity contribution in [3.63, 3.8) is 0 Å². The highest BCUT2D eigenvalue weighted by Crippen LogP contribution is 2.33. The Labute approximate surface area is 144 Å². The number of amides is 1. The average molecular weight is 394 g/mol. The van der Waals surface area contributed by atoms with Gasteiger partial charge in [-0.3, -0.25) is 4.90 Å². The van der Waals surface area contributed by atoms with E-state index in [1.54, 1.807) is 40.0 Å². The molecule has 0 spiro atoms. The summed E-state index contributed by atoms with van der Waals surface area (Å²) in [7, 11) is 0. The second-order valence-corrected chi connectivity index (χ2v) is 6.35. The van der Waals surface area contributed by atoms with Gasteiger partial charge in [-0.05, 0) is 39.7 Å². The third-order valence-electron chi connectivity index (χ3n) is 3.69. The number of carbonyl (C=O) groups is 1. The van der Waals surface area contributed by atoms with E-state index in [-0.39, 0.29) is 12.6 Å². The summed E-state index contributed by atoms with van der Waals surface area (Å²) in [4.78, 5) is 18.2. The molecule has 1 aliphatic heterocycles. The smallest absolute Gasteiger partial charge is 0.416 e. The number of aromatic nitrogens is 3. The maximum Gasteiger partial charge on any atom is 0.416 e. The molecule has 1 aromatic carbocycles. The van der Waals surface area contributed by atoms with E-state index in [0.717, 1.165) is 10.0 Å². The molecule has 6 nitrogen and oxygen atoms in total. The monoisotopic (exact) mass is 392 g/mol. The number of halogens is 2. The largest absolute Gasteiger partial charge is 0.447 e. The standard InChI is InChI=1S/C15H10BrClN4O2/c16-11-7-18-20-6-5-13(19-14(11)20)21-12(8-23-15(21)22)9-1-3-10(17)4-2-9/h1-7,12H,8H2. The Bertz CT molecular complexity index is 896. The van der Waals surface area contributed by atoms with Gasteiger partial charge in [-0.25, -0.2) is 14.3 Å². The predicted octanol–water partition coefficient (Wildman–Crippen LogP) is 3.84. The summed E-state index contributed by atoms with van der Waals surface area (Å²) in [6, 6.07) is 8.85. The lowest BCUT2D eigenvalue weighted by Crippen LogP contribution is -2.28. The van der Waals surface area contributed by atoms with Crippen LogP contribution in [0.1, 0.15) is 11.6 Å². The molecule has 3 heterocycles. The number of fused-ring (bicyclic) bond motifs is 1. The van der Waals surface area contributed by atoms with Crippen molar-refractivity contribution in [3.05, 3.63) is 57.8 Å². The van der Waals surface area contributed by atoms with Gasteiger partial charge in [0.1, 0.15) is 18.5 Å². The molecule has 0 N–H and O–H groups in total. The van der Waals surface area contributed by atoms with Crippen LogP contribution in [0.25, 0.3) is 5.65 Å². The van der Waals surface area contributed by atoms with Crippen LogP contribution in [0.3, 0.4) is 0 Å². The second-order valence-electron chi connectivity index (χ2n) is 5.06. The van der Waals surface area contributed by atoms with E-state index in [1.165, 1.54) is 0 Å². The molecule has 0 saturated carbocycles. The number of hydrogen-bond acceptors (Lipinski definition) is 4. The molecule has 1 aliphatic rings. The summed E-state index contributed by atoms with van der Waals surface area (Å²) in [5.74, 6) is 0.515. The molecular weight excluding hydrogens is 384 g/mol. The number of hydrogen-bond donors (Lipinski definition) is 0. The molecule has 0 radical (unpaired) electrons. The first-order valence-electron chi connectivity index (χ1n) is 6.85. The Morgan fingerprint density at radius 1 is 1.26 bits per heavy atom. The van der Waals surface area contributed by atoms with E-state index >= 15 is 0 Å². The van der Waals surface area contributed by atoms with Gasteiger partial charge in [-0.2, -0.15) is 5.10 Å². The number of cyclic esters (lactones) is 1. The minimum Gasteiger partial charge on any atom is -0.447 e. The third-order valence-corrected chi connectivity index (χ3v) is 4.50. The molecule has 0 bridgehead atoms. The number of anilines is 1. The topological polar surface area (TPSA) is 59.7 Å². The first-order chi connectivity index (χ1) is 11.1. The molecule has 1 unspecified atom stereocenters. The number of ether oxygens (including phenoxy) is 1. The maximum absolute atomic E-state index is 12.2. The Kier molecular flexibility index (Phi) is 3.46. The summed E-state index contributed by atoms with van der Waals surface area (Å²) in [6.07, 6.45) is 3.00. The van der Waals surface area contributed by atoms with Crippen LogP contribution in [0, 0.1) is 0 Å². The van der Waals surface area contributed by atoms with Gasteiger partial charge in [0.15, 0.2) is 5.65 Å². The lowest BCUT2D eigenvalue weighted by Gasteiger charge is -2.20. The zero-order chi connectivity index (χ0) is 16.0. The van der Waals surface area contributed by atoms with Crippen molar-refractivity contribution in [2.45, 2.75) is 6.04 Å². The van der Waals surface area contributed by atoms with Crippen molar-refractivity contribution in [3.8, 4) is 0 Å². The maximum atomic E-state index is 12.2. The van der Waals surface area contributed by atoms with Gasteiger partial charge in [0, 0.05) is 11.2 Å². The zero-order valence-corrected chi connectivity index (χ0v) is 14.0. The molecule has 1 atom stereocenters. The minimum absolute atomic E-state index is 0.239. The molecule has 0 aliphatic carbocycles. The van der Waals surface area contributed by atoms with Crippen LogP contribution in [0.5, 0.6) is 0 Å². The number of benzene rings is 1. The summed E-state index contributed by atoms with van der Waals surface area (Å²) in [5, 5.41) is 4.80. The van der Waals surface area contributed by atoms with Crippen molar-refractivity contribution < 1.29 is 9.53 Å². The van der Waals surface area contributed by atoms with Crippen LogP contribution in [-0.4, -0.2) is 27.3 Å². The average Bonchev–Trinajstić information content (AvgIpc) is 3.11. The van der Waals surface area contributed by atoms with E-state index < -0.39 is 6.09 Å². The van der Waals surface area contributed by atoms with Crippen LogP contribution in [-0.2, 0) is 4.74 Å². The quantitative estimate of drug-likeness (QED) is 0.664. The summed E-state index contributed by atoms with van der Waals surface area (Å²) in [6.45, 7) is 0.272. The van der Waals surface area contributed by atoms with Crippen molar-refractivity contribution in [2.24, 2.45) is 0 Å². The Morgan fingerprint density at radius 2 is 2.04 bits per heavy atom. The van der Waals surface area contributed by atoms with Crippen LogP contribution >= 0.6 is 27.5 Å². The molecule has 1 fully saturated rings. The summed E-state index contributed by atoms with van der Waals surface area (Å²) in [5.41, 5.74) is 1.58. The molecule has 3 aromatic rings. The van der Waals surface area contributed by atoms with Gasteiger partial charge in [-0.15, -0.1) is 0 Å². The van der Waals surface area contributed by atoms with E-state index in [9.17, 15) is 4.79 Å². The van der Waals surface area contributed by atoms with Gasteiger partial charge in [0.25, 0.3) is 0 Å². The van der Waals surface area contributed by atoms with Gasteiger partial charge in [-0.1, -0.05) is 23.7 Å². The molecule has 4 rings (SSSR count). The third kappa shape index (κ3) is 2.46. The van der Waals surface area contributed by atoms with Crippen molar-refractivity contribution in [1.29, 1.82) is 0 Å². The van der Waals surface area contributed by atoms with Crippen LogP contribution in [0.4, 0.5) is 10.6 Å². The number of rotatable bonds is 2. The second kappa shape index (κ2) is 5.50. The highest BCUT2D eigenvalue weighted by Gasteiger charge is 2.36. The zero-order valence-electron chi connectivity index (χ0n) is 11.7. The van der Waals surface area contributed by atoms with Crippen LogP contribution in [0.2, 0.25) is 5.02 Å². The summed E-state index contributed by atoms with van der Waals surface area (Å²) < 4.78 is 7.61. The van der Waals surface area contributed by atoms with Crippen LogP contribution < -0.4 is 4.90 Å². The van der Waals surface area contributed by atoms with Gasteiger partial charge in [0.2, 0.25) is 0 Å². The molecule has 2 aromatic heterocycles. The molecule has 23 heavy (non-hydrogen) atoms. The summed E-state index contributed by atoms with van der Waals surface area (Å²) >= 11 is 9.33. The fourth-order valence-electron chi connectivity index (χ4n) is 2.57. The first kappa shape index (κ1) is 14.5. The Morgan fingerprint density at radius 3 is 2.83 bits per heavy atom. The Balaban J connectivity index is 1.78. The molecule has 116 valence electrons. The number of carbonyl (C=O) groups excluding carboxylic acids is 1. The van der Waals surface area contributed by atoms with Gasteiger partial charge in [0.05, 0.1) is 10.7 Å². The van der Waals surface area contributed by atoms with Crippen molar-refractivity contribution in [2.75, 3.05) is 11.5 Å². The fraction of sp³-hybridized carbons (Fsp3) is 0.133. The van der Waals surface area contributed by atoms with Gasteiger partial charge < -0.3 is 4.74 Å². The lowest BCUT2D eigenvalue weighted by atomic mass is 10.1. The minimum atomic E-state index is -0.419. The molecule has 1 amide bonds. The van der Waals surface area contributed by atoms with Crippen LogP contribution in [0.15, 0.2) is 47.2 Å². The van der Waals surface area contributed by atoms with E-state index in [2.05, 4.69) is 26.0 Å². The molecular formula is C15H10BrClN4O2. The van der Waals surface area contributed by atoms with E-state index in [4.69, 9.17) is 16.3 Å². The highest BCUT2D eigenvalue weighted by atomic mass is 79.9. The van der Waals surface area contributed by atoms with E-state index in [0.29, 0.717) is 16.5 Å². The number of nitrogens with zero attached hydrogens (tertiary/aromatic N) is 4. The fourth-order valence-corrected chi connectivity index (χ4v) is 3.06. The van der Waals surface area contributed by atoms with Gasteiger partial charge >= 0.3 is 6.09 Å². The lowest BCUT2D eigenvalue weighted by molar-refractivity contribution is 0.179. The Hall–Kier alpha value is -2.12. The highest BCUT2D eigenvalue weighted by molar-refractivity contribution is 9.10. The predicted molar refractivity (Wildman–Crippen MR) is 88.7 cm³/mol. The van der Waals surface area contributed by atoms with Crippen molar-refractivity contribution in [1.82, 2.24) is 14.6 Å².